The van der Waals surface area contributed by atoms with Gasteiger partial charge in [-0.2, -0.15) is 0 Å². The molecule has 0 unspecified atom stereocenters. The molecule has 1 rings (SSSR count). The van der Waals surface area contributed by atoms with Crippen LogP contribution in [-0.4, -0.2) is 4.98 Å². The predicted molar refractivity (Wildman–Crippen MR) is 42.5 cm³/mol. The Labute approximate surface area is 62.1 Å². The van der Waals surface area contributed by atoms with Gasteiger partial charge < -0.3 is 0 Å². The summed E-state index contributed by atoms with van der Waals surface area (Å²) >= 11 is 0. The molecule has 1 heteroatoms. The third-order valence-corrected chi connectivity index (χ3v) is 1.41. The van der Waals surface area contributed by atoms with Gasteiger partial charge in [-0.3, -0.25) is 4.98 Å². The Kier molecular flexibility index (Phi) is 2.94. The zero-order chi connectivity index (χ0) is 7.23. The summed E-state index contributed by atoms with van der Waals surface area (Å²) in [5, 5.41) is 0. The van der Waals surface area contributed by atoms with E-state index < -0.39 is 0 Å². The van der Waals surface area contributed by atoms with E-state index in [2.05, 4.69) is 18.0 Å². The largest absolute Gasteiger partial charge is 0.261 e. The van der Waals surface area contributed by atoms with Crippen molar-refractivity contribution >= 4 is 0 Å². The second kappa shape index (κ2) is 4.04. The van der Waals surface area contributed by atoms with Crippen molar-refractivity contribution in [1.82, 2.24) is 4.98 Å². The third-order valence-electron chi connectivity index (χ3n) is 1.41. The molecule has 0 aromatic carbocycles. The molecule has 0 spiro atoms. The zero-order valence-corrected chi connectivity index (χ0v) is 6.09. The molecule has 1 heterocycles. The van der Waals surface area contributed by atoms with Crippen LogP contribution < -0.4 is 0 Å². The van der Waals surface area contributed by atoms with Crippen molar-refractivity contribution in [3.63, 3.8) is 0 Å². The van der Waals surface area contributed by atoms with E-state index >= 15 is 0 Å². The van der Waals surface area contributed by atoms with Crippen LogP contribution in [0.3, 0.4) is 0 Å². The fraction of sp³-hybridized carbons (Fsp3) is 0.333. The van der Waals surface area contributed by atoms with Gasteiger partial charge in [0.15, 0.2) is 0 Å². The van der Waals surface area contributed by atoms with Gasteiger partial charge in [-0.05, 0) is 25.0 Å². The first-order valence-electron chi connectivity index (χ1n) is 3.62. The number of unbranched alkanes of at least 4 members (excludes halogenated alkanes) is 1. The molecule has 0 fully saturated rings. The lowest BCUT2D eigenvalue weighted by atomic mass is 10.2. The molecule has 0 aliphatic rings. The van der Waals surface area contributed by atoms with Crippen molar-refractivity contribution in [2.24, 2.45) is 0 Å². The summed E-state index contributed by atoms with van der Waals surface area (Å²) in [6.07, 6.45) is 5.02. The number of aromatic nitrogens is 1. The summed E-state index contributed by atoms with van der Waals surface area (Å²) in [7, 11) is 0. The van der Waals surface area contributed by atoms with Crippen molar-refractivity contribution in [1.29, 1.82) is 0 Å². The number of aryl methyl sites for hydroxylation is 1. The Morgan fingerprint density at radius 1 is 1.40 bits per heavy atom. The molecule has 1 radical (unpaired) electrons. The number of pyridine rings is 1. The Morgan fingerprint density at radius 3 is 2.90 bits per heavy atom. The zero-order valence-electron chi connectivity index (χ0n) is 6.09. The monoisotopic (exact) mass is 134 g/mol. The Balaban J connectivity index is 2.43. The lowest BCUT2D eigenvalue weighted by molar-refractivity contribution is 0.816. The number of nitrogens with zero attached hydrogens (tertiary/aromatic N) is 1. The smallest absolute Gasteiger partial charge is 0.0403 e. The molecule has 1 nitrogen and oxygen atoms in total. The number of rotatable bonds is 3. The molecule has 10 heavy (non-hydrogen) atoms. The van der Waals surface area contributed by atoms with Crippen LogP contribution in [0, 0.1) is 6.92 Å². The van der Waals surface area contributed by atoms with Crippen LogP contribution in [0.1, 0.15) is 18.5 Å². The van der Waals surface area contributed by atoms with E-state index in [1.54, 1.807) is 0 Å². The first-order valence-corrected chi connectivity index (χ1v) is 3.62. The summed E-state index contributed by atoms with van der Waals surface area (Å²) in [5.41, 5.74) is 1.17. The first-order chi connectivity index (χ1) is 4.93. The van der Waals surface area contributed by atoms with Crippen LogP contribution in [-0.2, 0) is 6.42 Å². The highest BCUT2D eigenvalue weighted by Gasteiger charge is 1.89. The average Bonchev–Trinajstić information content (AvgIpc) is 2.03. The maximum Gasteiger partial charge on any atom is 0.0403 e. The summed E-state index contributed by atoms with van der Waals surface area (Å²) in [4.78, 5) is 4.19. The lowest BCUT2D eigenvalue weighted by Crippen LogP contribution is -1.86. The Hall–Kier alpha value is -0.850. The van der Waals surface area contributed by atoms with Crippen LogP contribution in [0.5, 0.6) is 0 Å². The van der Waals surface area contributed by atoms with Crippen molar-refractivity contribution in [2.75, 3.05) is 0 Å². The quantitative estimate of drug-likeness (QED) is 0.617. The second-order valence-electron chi connectivity index (χ2n) is 2.28. The Bertz CT molecular complexity index is 169. The molecular weight excluding hydrogens is 122 g/mol. The van der Waals surface area contributed by atoms with E-state index in [1.807, 2.05) is 18.3 Å². The maximum absolute atomic E-state index is 4.19. The highest BCUT2D eigenvalue weighted by molar-refractivity contribution is 5.03. The van der Waals surface area contributed by atoms with Crippen molar-refractivity contribution in [3.05, 3.63) is 37.0 Å². The van der Waals surface area contributed by atoms with E-state index in [9.17, 15) is 0 Å². The van der Waals surface area contributed by atoms with E-state index in [0.717, 1.165) is 19.3 Å². The molecule has 1 aromatic rings. The van der Waals surface area contributed by atoms with E-state index in [-0.39, 0.29) is 0 Å². The van der Waals surface area contributed by atoms with Crippen LogP contribution in [0.25, 0.3) is 0 Å². The summed E-state index contributed by atoms with van der Waals surface area (Å²) in [5.74, 6) is 0. The van der Waals surface area contributed by atoms with Crippen LogP contribution in [0.4, 0.5) is 0 Å². The average molecular weight is 134 g/mol. The van der Waals surface area contributed by atoms with Gasteiger partial charge >= 0.3 is 0 Å². The van der Waals surface area contributed by atoms with Gasteiger partial charge in [0.25, 0.3) is 0 Å². The fourth-order valence-electron chi connectivity index (χ4n) is 0.852. The molecule has 0 amide bonds. The van der Waals surface area contributed by atoms with Gasteiger partial charge in [-0.25, -0.2) is 0 Å². The van der Waals surface area contributed by atoms with Gasteiger partial charge in [0.2, 0.25) is 0 Å². The van der Waals surface area contributed by atoms with Gasteiger partial charge in [0.05, 0.1) is 0 Å². The minimum absolute atomic E-state index is 0.997. The summed E-state index contributed by atoms with van der Waals surface area (Å²) < 4.78 is 0. The fourth-order valence-corrected chi connectivity index (χ4v) is 0.852. The minimum Gasteiger partial charge on any atom is -0.261 e. The van der Waals surface area contributed by atoms with Gasteiger partial charge in [-0.15, -0.1) is 0 Å². The highest BCUT2D eigenvalue weighted by Crippen LogP contribution is 1.99. The van der Waals surface area contributed by atoms with E-state index in [1.165, 1.54) is 5.69 Å². The van der Waals surface area contributed by atoms with E-state index in [4.69, 9.17) is 0 Å². The van der Waals surface area contributed by atoms with Gasteiger partial charge in [-0.1, -0.05) is 19.4 Å². The SMILES string of the molecule is [CH2]CCCc1ccccn1. The molecule has 0 aliphatic heterocycles. The molecule has 0 atom stereocenters. The third kappa shape index (κ3) is 2.18. The molecule has 0 saturated carbocycles. The van der Waals surface area contributed by atoms with Crippen molar-refractivity contribution in [3.8, 4) is 0 Å². The summed E-state index contributed by atoms with van der Waals surface area (Å²) in [6.45, 7) is 3.77. The highest BCUT2D eigenvalue weighted by atomic mass is 14.7. The predicted octanol–water partition coefficient (Wildman–Crippen LogP) is 2.24. The molecule has 53 valence electrons. The maximum atomic E-state index is 4.19. The lowest BCUT2D eigenvalue weighted by Gasteiger charge is -1.95. The minimum atomic E-state index is 0.997. The van der Waals surface area contributed by atoms with E-state index in [0.29, 0.717) is 0 Å². The molecule has 1 aromatic heterocycles. The summed E-state index contributed by atoms with van der Waals surface area (Å²) in [6, 6.07) is 6.01. The van der Waals surface area contributed by atoms with Crippen LogP contribution in [0.15, 0.2) is 24.4 Å². The Morgan fingerprint density at radius 2 is 2.30 bits per heavy atom. The van der Waals surface area contributed by atoms with Gasteiger partial charge in [0, 0.05) is 11.9 Å². The standard InChI is InChI=1S/C9H12N/c1-2-3-6-9-7-4-5-8-10-9/h4-5,7-8H,1-3,6H2. The number of hydrogen-bond donors (Lipinski definition) is 0. The molecule has 0 bridgehead atoms. The number of hydrogen-bond acceptors (Lipinski definition) is 1. The van der Waals surface area contributed by atoms with Gasteiger partial charge in [0.1, 0.15) is 0 Å². The topological polar surface area (TPSA) is 12.9 Å². The molecular formula is C9H12N. The molecule has 0 aliphatic carbocycles. The van der Waals surface area contributed by atoms with Crippen molar-refractivity contribution < 1.29 is 0 Å². The normalized spacial score (nSPS) is 9.70. The van der Waals surface area contributed by atoms with Crippen LogP contribution in [0.2, 0.25) is 0 Å². The first kappa shape index (κ1) is 7.26. The van der Waals surface area contributed by atoms with Crippen molar-refractivity contribution in [2.45, 2.75) is 19.3 Å². The molecule has 0 N–H and O–H groups in total. The second-order valence-corrected chi connectivity index (χ2v) is 2.28. The van der Waals surface area contributed by atoms with Crippen LogP contribution >= 0.6 is 0 Å². The molecule has 0 saturated heterocycles.